The topological polar surface area (TPSA) is 88.8 Å². The summed E-state index contributed by atoms with van der Waals surface area (Å²) in [6.07, 6.45) is 1.04. The summed E-state index contributed by atoms with van der Waals surface area (Å²) in [5.74, 6) is -1.62. The number of aromatic carboxylic acids is 1. The number of carbonyl (C=O) groups excluding carboxylic acids is 1. The number of carboxylic acids is 1. The molecule has 2 aromatic rings. The summed E-state index contributed by atoms with van der Waals surface area (Å²) >= 11 is 0. The van der Waals surface area contributed by atoms with Crippen LogP contribution < -0.4 is 5.32 Å². The van der Waals surface area contributed by atoms with Crippen LogP contribution in [0.25, 0.3) is 0 Å². The predicted molar refractivity (Wildman–Crippen MR) is 78.6 cm³/mol. The lowest BCUT2D eigenvalue weighted by Crippen LogP contribution is -2.23. The molecule has 1 amide bonds. The molecule has 6 nitrogen and oxygen atoms in total. The zero-order valence-corrected chi connectivity index (χ0v) is 12.2. The molecule has 0 radical (unpaired) electrons. The predicted octanol–water partition coefficient (Wildman–Crippen LogP) is 2.44. The van der Waals surface area contributed by atoms with Gasteiger partial charge >= 0.3 is 5.97 Å². The van der Waals surface area contributed by atoms with E-state index in [1.54, 1.807) is 0 Å². The Morgan fingerprint density at radius 1 is 1.27 bits per heavy atom. The van der Waals surface area contributed by atoms with Crippen molar-refractivity contribution in [1.82, 2.24) is 5.32 Å². The van der Waals surface area contributed by atoms with Gasteiger partial charge in [-0.15, -0.1) is 0 Å². The maximum atomic E-state index is 12.0. The van der Waals surface area contributed by atoms with Crippen LogP contribution in [0.1, 0.15) is 39.0 Å². The molecule has 1 heterocycles. The number of furan rings is 1. The summed E-state index contributed by atoms with van der Waals surface area (Å²) < 4.78 is 10.3. The summed E-state index contributed by atoms with van der Waals surface area (Å²) in [5.41, 5.74) is 1.88. The molecule has 0 spiro atoms. The fourth-order valence-corrected chi connectivity index (χ4v) is 1.91. The number of amides is 1. The van der Waals surface area contributed by atoms with Crippen LogP contribution in [0.3, 0.4) is 0 Å². The maximum absolute atomic E-state index is 12.0. The van der Waals surface area contributed by atoms with E-state index >= 15 is 0 Å². The van der Waals surface area contributed by atoms with Gasteiger partial charge in [-0.05, 0) is 18.1 Å². The van der Waals surface area contributed by atoms with Gasteiger partial charge in [0, 0.05) is 19.2 Å². The highest BCUT2D eigenvalue weighted by Gasteiger charge is 2.14. The molecule has 0 saturated carbocycles. The van der Waals surface area contributed by atoms with Crippen molar-refractivity contribution in [1.29, 1.82) is 0 Å². The van der Waals surface area contributed by atoms with Crippen molar-refractivity contribution in [2.75, 3.05) is 6.61 Å². The number of rotatable bonds is 7. The van der Waals surface area contributed by atoms with Crippen molar-refractivity contribution >= 4 is 11.9 Å². The fraction of sp³-hybridized carbons (Fsp3) is 0.250. The Morgan fingerprint density at radius 2 is 2.00 bits per heavy atom. The smallest absolute Gasteiger partial charge is 0.338 e. The fourth-order valence-electron chi connectivity index (χ4n) is 1.91. The number of ether oxygens (including phenoxy) is 1. The highest BCUT2D eigenvalue weighted by atomic mass is 16.5. The van der Waals surface area contributed by atoms with Crippen LogP contribution in [-0.4, -0.2) is 23.6 Å². The van der Waals surface area contributed by atoms with Gasteiger partial charge < -0.3 is 19.6 Å². The van der Waals surface area contributed by atoms with Crippen LogP contribution in [0.5, 0.6) is 0 Å². The van der Waals surface area contributed by atoms with Crippen LogP contribution in [0.4, 0.5) is 0 Å². The van der Waals surface area contributed by atoms with Gasteiger partial charge in [0.1, 0.15) is 6.26 Å². The molecule has 116 valence electrons. The molecule has 2 N–H and O–H groups in total. The lowest BCUT2D eigenvalue weighted by molar-refractivity contribution is 0.0696. The summed E-state index contributed by atoms with van der Waals surface area (Å²) in [4.78, 5) is 22.7. The van der Waals surface area contributed by atoms with Crippen LogP contribution in [0.15, 0.2) is 41.0 Å². The summed E-state index contributed by atoms with van der Waals surface area (Å²) in [7, 11) is 0. The minimum absolute atomic E-state index is 0.0281. The highest BCUT2D eigenvalue weighted by Crippen LogP contribution is 2.11. The Balaban J connectivity index is 2.00. The monoisotopic (exact) mass is 303 g/mol. The molecule has 0 atom stereocenters. The van der Waals surface area contributed by atoms with E-state index in [4.69, 9.17) is 14.3 Å². The minimum atomic E-state index is -1.13. The first-order chi connectivity index (χ1) is 10.6. The van der Waals surface area contributed by atoms with Gasteiger partial charge in [0.2, 0.25) is 0 Å². The average Bonchev–Trinajstić information content (AvgIpc) is 3.01. The van der Waals surface area contributed by atoms with Gasteiger partial charge in [-0.3, -0.25) is 4.79 Å². The van der Waals surface area contributed by atoms with E-state index in [0.29, 0.717) is 19.8 Å². The van der Waals surface area contributed by atoms with Gasteiger partial charge in [0.25, 0.3) is 5.91 Å². The number of carbonyl (C=O) groups is 2. The van der Waals surface area contributed by atoms with Crippen LogP contribution in [0.2, 0.25) is 0 Å². The Bertz CT molecular complexity index is 662. The van der Waals surface area contributed by atoms with Crippen LogP contribution in [-0.2, 0) is 17.9 Å². The first-order valence-electron chi connectivity index (χ1n) is 6.86. The molecule has 1 aromatic carbocycles. The van der Waals surface area contributed by atoms with E-state index in [0.717, 1.165) is 17.4 Å². The Morgan fingerprint density at radius 3 is 2.64 bits per heavy atom. The molecular weight excluding hydrogens is 286 g/mol. The van der Waals surface area contributed by atoms with Crippen molar-refractivity contribution in [3.8, 4) is 0 Å². The summed E-state index contributed by atoms with van der Waals surface area (Å²) in [5, 5.41) is 11.5. The van der Waals surface area contributed by atoms with Crippen LogP contribution >= 0.6 is 0 Å². The lowest BCUT2D eigenvalue weighted by Gasteiger charge is -2.10. The number of hydrogen-bond donors (Lipinski definition) is 2. The number of hydrogen-bond acceptors (Lipinski definition) is 4. The summed E-state index contributed by atoms with van der Waals surface area (Å²) in [6.45, 7) is 3.32. The normalized spacial score (nSPS) is 10.4. The second-order valence-corrected chi connectivity index (χ2v) is 4.59. The summed E-state index contributed by atoms with van der Waals surface area (Å²) in [6, 6.07) is 8.83. The standard InChI is InChI=1S/C16H17NO5/c1-2-21-9-12-6-4-3-5-11(12)8-17-15(18)14-7-13(10-22-14)16(19)20/h3-7,10H,2,8-9H2,1H3,(H,17,18)(H,19,20). The van der Waals surface area contributed by atoms with Gasteiger partial charge in [-0.2, -0.15) is 0 Å². The second-order valence-electron chi connectivity index (χ2n) is 4.59. The molecule has 22 heavy (non-hydrogen) atoms. The van der Waals surface area contributed by atoms with E-state index < -0.39 is 11.9 Å². The van der Waals surface area contributed by atoms with E-state index in [1.807, 2.05) is 31.2 Å². The van der Waals surface area contributed by atoms with Crippen molar-refractivity contribution in [3.05, 3.63) is 59.0 Å². The van der Waals surface area contributed by atoms with E-state index in [2.05, 4.69) is 5.32 Å². The van der Waals surface area contributed by atoms with Crippen LogP contribution in [0, 0.1) is 0 Å². The highest BCUT2D eigenvalue weighted by molar-refractivity contribution is 5.95. The number of nitrogens with one attached hydrogen (secondary N) is 1. The van der Waals surface area contributed by atoms with E-state index in [9.17, 15) is 9.59 Å². The number of carboxylic acid groups (broad SMARTS) is 1. The van der Waals surface area contributed by atoms with E-state index in [1.165, 1.54) is 6.07 Å². The molecule has 1 aromatic heterocycles. The molecule has 0 bridgehead atoms. The lowest BCUT2D eigenvalue weighted by atomic mass is 10.1. The van der Waals surface area contributed by atoms with Gasteiger partial charge in [-0.1, -0.05) is 24.3 Å². The van der Waals surface area contributed by atoms with Crippen molar-refractivity contribution in [3.63, 3.8) is 0 Å². The molecule has 6 heteroatoms. The Hall–Kier alpha value is -2.60. The quantitative estimate of drug-likeness (QED) is 0.820. The average molecular weight is 303 g/mol. The molecule has 0 aliphatic rings. The molecule has 2 rings (SSSR count). The van der Waals surface area contributed by atoms with Gasteiger partial charge in [0.05, 0.1) is 12.2 Å². The largest absolute Gasteiger partial charge is 0.478 e. The second kappa shape index (κ2) is 7.42. The minimum Gasteiger partial charge on any atom is -0.478 e. The third-order valence-electron chi connectivity index (χ3n) is 3.09. The third kappa shape index (κ3) is 3.95. The van der Waals surface area contributed by atoms with E-state index in [-0.39, 0.29) is 11.3 Å². The first kappa shape index (κ1) is 15.8. The Kier molecular flexibility index (Phi) is 5.32. The molecular formula is C16H17NO5. The first-order valence-corrected chi connectivity index (χ1v) is 6.86. The molecule has 0 aliphatic heterocycles. The molecule has 0 fully saturated rings. The maximum Gasteiger partial charge on any atom is 0.338 e. The van der Waals surface area contributed by atoms with Crippen molar-refractivity contribution in [2.24, 2.45) is 0 Å². The SMILES string of the molecule is CCOCc1ccccc1CNC(=O)c1cc(C(=O)O)co1. The third-order valence-corrected chi connectivity index (χ3v) is 3.09. The van der Waals surface area contributed by atoms with Gasteiger partial charge in [-0.25, -0.2) is 4.79 Å². The Labute approximate surface area is 127 Å². The zero-order valence-electron chi connectivity index (χ0n) is 12.2. The molecule has 0 aliphatic carbocycles. The van der Waals surface area contributed by atoms with Gasteiger partial charge in [0.15, 0.2) is 5.76 Å². The molecule has 0 unspecified atom stereocenters. The van der Waals surface area contributed by atoms with Crippen molar-refractivity contribution < 1.29 is 23.8 Å². The number of benzene rings is 1. The molecule has 0 saturated heterocycles. The van der Waals surface area contributed by atoms with Crippen molar-refractivity contribution in [2.45, 2.75) is 20.1 Å². The zero-order chi connectivity index (χ0) is 15.9.